The number of esters is 1. The molecule has 1 rings (SSSR count). The number of aliphatic hydroxyl groups is 1. The summed E-state index contributed by atoms with van der Waals surface area (Å²) in [7, 11) is 1.24. The number of anilines is 1. The van der Waals surface area contributed by atoms with Crippen molar-refractivity contribution in [1.82, 2.24) is 5.32 Å². The van der Waals surface area contributed by atoms with Crippen LogP contribution in [0.25, 0.3) is 0 Å². The zero-order chi connectivity index (χ0) is 17.2. The number of nitrogens with one attached hydrogen (secondary N) is 2. The molecule has 126 valence electrons. The maximum atomic E-state index is 12.1. The second kappa shape index (κ2) is 9.47. The molecule has 1 amide bonds. The van der Waals surface area contributed by atoms with E-state index in [0.717, 1.165) is 6.08 Å². The van der Waals surface area contributed by atoms with Crippen molar-refractivity contribution < 1.29 is 24.2 Å². The molecule has 7 nitrogen and oxygen atoms in total. The van der Waals surface area contributed by atoms with Gasteiger partial charge in [0, 0.05) is 11.7 Å². The van der Waals surface area contributed by atoms with Crippen LogP contribution in [0.2, 0.25) is 0 Å². The van der Waals surface area contributed by atoms with Gasteiger partial charge in [-0.15, -0.1) is 0 Å². The van der Waals surface area contributed by atoms with E-state index in [1.807, 2.05) is 13.8 Å². The van der Waals surface area contributed by atoms with Crippen LogP contribution in [-0.4, -0.2) is 43.3 Å². The van der Waals surface area contributed by atoms with E-state index in [2.05, 4.69) is 15.4 Å². The minimum Gasteiger partial charge on any atom is -0.491 e. The highest BCUT2D eigenvalue weighted by atomic mass is 16.5. The van der Waals surface area contributed by atoms with E-state index < -0.39 is 11.9 Å². The molecule has 0 aromatic heterocycles. The predicted molar refractivity (Wildman–Crippen MR) is 86.0 cm³/mol. The Morgan fingerprint density at radius 1 is 1.26 bits per heavy atom. The van der Waals surface area contributed by atoms with E-state index in [4.69, 9.17) is 9.84 Å². The van der Waals surface area contributed by atoms with Crippen LogP contribution in [0.4, 0.5) is 5.69 Å². The summed E-state index contributed by atoms with van der Waals surface area (Å²) in [6.07, 6.45) is 1.09. The number of rotatable bonds is 8. The normalized spacial score (nSPS) is 11.1. The van der Waals surface area contributed by atoms with Gasteiger partial charge < -0.3 is 25.2 Å². The third kappa shape index (κ3) is 6.84. The van der Waals surface area contributed by atoms with E-state index in [-0.39, 0.29) is 25.0 Å². The largest absolute Gasteiger partial charge is 0.491 e. The molecule has 1 aromatic carbocycles. The van der Waals surface area contributed by atoms with Crippen molar-refractivity contribution >= 4 is 17.6 Å². The van der Waals surface area contributed by atoms with Gasteiger partial charge in [0.2, 0.25) is 0 Å². The standard InChI is InChI=1S/C16H22N2O5/c1-11(2)17-16(21)14(10-15(20)22-3)18-12-4-6-13(7-5-12)23-9-8-19/h4-7,10-11,18-19H,8-9H2,1-3H3,(H,17,21)/b14-10-. The lowest BCUT2D eigenvalue weighted by atomic mass is 10.2. The molecule has 23 heavy (non-hydrogen) atoms. The molecule has 0 saturated heterocycles. The van der Waals surface area contributed by atoms with Gasteiger partial charge in [-0.05, 0) is 38.1 Å². The first-order valence-corrected chi connectivity index (χ1v) is 7.17. The van der Waals surface area contributed by atoms with Gasteiger partial charge >= 0.3 is 5.97 Å². The fraction of sp³-hybridized carbons (Fsp3) is 0.375. The molecule has 0 bridgehead atoms. The zero-order valence-corrected chi connectivity index (χ0v) is 13.5. The van der Waals surface area contributed by atoms with Crippen molar-refractivity contribution in [2.75, 3.05) is 25.6 Å². The molecule has 0 saturated carbocycles. The number of carbonyl (C=O) groups excluding carboxylic acids is 2. The molecule has 0 aliphatic rings. The van der Waals surface area contributed by atoms with E-state index in [0.29, 0.717) is 11.4 Å². The maximum Gasteiger partial charge on any atom is 0.332 e. The van der Waals surface area contributed by atoms with Crippen molar-refractivity contribution in [3.8, 4) is 5.75 Å². The predicted octanol–water partition coefficient (Wildman–Crippen LogP) is 1.05. The first kappa shape index (κ1) is 18.5. The highest BCUT2D eigenvalue weighted by Crippen LogP contribution is 2.17. The first-order chi connectivity index (χ1) is 11.0. The molecule has 0 radical (unpaired) electrons. The summed E-state index contributed by atoms with van der Waals surface area (Å²) in [6.45, 7) is 3.78. The summed E-state index contributed by atoms with van der Waals surface area (Å²) in [5.74, 6) is -0.449. The Morgan fingerprint density at radius 3 is 2.43 bits per heavy atom. The van der Waals surface area contributed by atoms with Gasteiger partial charge in [0.15, 0.2) is 0 Å². The van der Waals surface area contributed by atoms with E-state index in [9.17, 15) is 9.59 Å². The minimum atomic E-state index is -0.630. The van der Waals surface area contributed by atoms with Gasteiger partial charge in [-0.1, -0.05) is 0 Å². The smallest absolute Gasteiger partial charge is 0.332 e. The van der Waals surface area contributed by atoms with Crippen LogP contribution in [0.15, 0.2) is 36.0 Å². The molecule has 0 spiro atoms. The molecule has 3 N–H and O–H groups in total. The molecule has 0 fully saturated rings. The van der Waals surface area contributed by atoms with Crippen molar-refractivity contribution in [2.24, 2.45) is 0 Å². The fourth-order valence-corrected chi connectivity index (χ4v) is 1.63. The van der Waals surface area contributed by atoms with Crippen LogP contribution in [0, 0.1) is 0 Å². The van der Waals surface area contributed by atoms with Gasteiger partial charge in [-0.3, -0.25) is 4.79 Å². The second-order valence-electron chi connectivity index (χ2n) is 4.93. The maximum absolute atomic E-state index is 12.1. The van der Waals surface area contributed by atoms with Crippen molar-refractivity contribution in [1.29, 1.82) is 0 Å². The van der Waals surface area contributed by atoms with Crippen molar-refractivity contribution in [2.45, 2.75) is 19.9 Å². The molecule has 1 aromatic rings. The number of carbonyl (C=O) groups is 2. The summed E-state index contributed by atoms with van der Waals surface area (Å²) in [5.41, 5.74) is 0.685. The molecule has 0 heterocycles. The van der Waals surface area contributed by atoms with Crippen LogP contribution in [0.5, 0.6) is 5.75 Å². The van der Waals surface area contributed by atoms with Crippen LogP contribution in [0.3, 0.4) is 0 Å². The summed E-state index contributed by atoms with van der Waals surface area (Å²) in [4.78, 5) is 23.5. The van der Waals surface area contributed by atoms with E-state index in [1.54, 1.807) is 24.3 Å². The van der Waals surface area contributed by atoms with Crippen LogP contribution < -0.4 is 15.4 Å². The summed E-state index contributed by atoms with van der Waals surface area (Å²) < 4.78 is 9.81. The topological polar surface area (TPSA) is 96.9 Å². The van der Waals surface area contributed by atoms with Crippen LogP contribution >= 0.6 is 0 Å². The zero-order valence-electron chi connectivity index (χ0n) is 13.5. The summed E-state index contributed by atoms with van der Waals surface area (Å²) in [5, 5.41) is 14.3. The molecule has 0 atom stereocenters. The van der Waals surface area contributed by atoms with Crippen LogP contribution in [0.1, 0.15) is 13.8 Å². The summed E-state index contributed by atoms with van der Waals surface area (Å²) in [6, 6.07) is 6.70. The van der Waals surface area contributed by atoms with Crippen molar-refractivity contribution in [3.63, 3.8) is 0 Å². The number of aliphatic hydroxyl groups excluding tert-OH is 1. The lowest BCUT2D eigenvalue weighted by Gasteiger charge is -2.14. The quantitative estimate of drug-likeness (QED) is 0.489. The lowest BCUT2D eigenvalue weighted by molar-refractivity contribution is -0.135. The molecule has 7 heteroatoms. The summed E-state index contributed by atoms with van der Waals surface area (Å²) >= 11 is 0. The highest BCUT2D eigenvalue weighted by molar-refractivity contribution is 6.01. The average molecular weight is 322 g/mol. The van der Waals surface area contributed by atoms with Crippen molar-refractivity contribution in [3.05, 3.63) is 36.0 Å². The first-order valence-electron chi connectivity index (χ1n) is 7.17. The minimum absolute atomic E-state index is 0.0681. The lowest BCUT2D eigenvalue weighted by Crippen LogP contribution is -2.34. The monoisotopic (exact) mass is 322 g/mol. The number of methoxy groups -OCH3 is 1. The van der Waals surface area contributed by atoms with Gasteiger partial charge in [-0.25, -0.2) is 4.79 Å². The van der Waals surface area contributed by atoms with E-state index >= 15 is 0 Å². The molecule has 0 unspecified atom stereocenters. The third-order valence-electron chi connectivity index (χ3n) is 2.62. The van der Waals surface area contributed by atoms with Gasteiger partial charge in [0.05, 0.1) is 19.8 Å². The molecule has 0 aliphatic carbocycles. The molecule has 0 aliphatic heterocycles. The Hall–Kier alpha value is -2.54. The SMILES string of the molecule is COC(=O)/C=C(\Nc1ccc(OCCO)cc1)C(=O)NC(C)C. The Bertz CT molecular complexity index is 552. The Kier molecular flexibility index (Phi) is 7.62. The molecular weight excluding hydrogens is 300 g/mol. The second-order valence-corrected chi connectivity index (χ2v) is 4.93. The third-order valence-corrected chi connectivity index (χ3v) is 2.62. The highest BCUT2D eigenvalue weighted by Gasteiger charge is 2.13. The van der Waals surface area contributed by atoms with Crippen LogP contribution in [-0.2, 0) is 14.3 Å². The number of benzene rings is 1. The number of amides is 1. The van der Waals surface area contributed by atoms with Gasteiger partial charge in [0.25, 0.3) is 5.91 Å². The Labute approximate surface area is 135 Å². The van der Waals surface area contributed by atoms with Gasteiger partial charge in [-0.2, -0.15) is 0 Å². The Balaban J connectivity index is 2.86. The fourth-order valence-electron chi connectivity index (χ4n) is 1.63. The molecular formula is C16H22N2O5. The van der Waals surface area contributed by atoms with Gasteiger partial charge in [0.1, 0.15) is 18.1 Å². The van der Waals surface area contributed by atoms with E-state index in [1.165, 1.54) is 7.11 Å². The average Bonchev–Trinajstić information content (AvgIpc) is 2.52. The Morgan fingerprint density at radius 2 is 1.91 bits per heavy atom. The number of hydrogen-bond donors (Lipinski definition) is 3. The number of ether oxygens (including phenoxy) is 2. The number of hydrogen-bond acceptors (Lipinski definition) is 6.